The molecule has 0 aliphatic rings. The molecule has 0 aromatic rings. The maximum Gasteiger partial charge on any atom is 0.340 e. The molecule has 0 bridgehead atoms. The summed E-state index contributed by atoms with van der Waals surface area (Å²) in [5.41, 5.74) is 0. The van der Waals surface area contributed by atoms with Crippen molar-refractivity contribution in [2.75, 3.05) is 13.1 Å². The molecule has 20 heavy (non-hydrogen) atoms. The van der Waals surface area contributed by atoms with E-state index in [4.69, 9.17) is 0 Å². The Morgan fingerprint density at radius 2 is 1.40 bits per heavy atom. The van der Waals surface area contributed by atoms with E-state index < -0.39 is 12.8 Å². The van der Waals surface area contributed by atoms with Gasteiger partial charge >= 0.3 is 7.60 Å². The molecule has 0 rings (SSSR count). The lowest BCUT2D eigenvalue weighted by atomic mass is 9.99. The molecule has 120 valence electrons. The molecule has 5 nitrogen and oxygen atoms in total. The van der Waals surface area contributed by atoms with Crippen molar-refractivity contribution in [1.82, 2.24) is 4.90 Å². The molecule has 1 amide bonds. The lowest BCUT2D eigenvalue weighted by Gasteiger charge is -2.36. The molecule has 0 saturated heterocycles. The van der Waals surface area contributed by atoms with Crippen LogP contribution in [0.5, 0.6) is 0 Å². The number of nitrogens with zero attached hydrogens (tertiary/aromatic N) is 1. The van der Waals surface area contributed by atoms with Gasteiger partial charge in [0.15, 0.2) is 0 Å². The first kappa shape index (κ1) is 19.6. The first-order chi connectivity index (χ1) is 9.30. The van der Waals surface area contributed by atoms with Crippen molar-refractivity contribution < 1.29 is 19.1 Å². The molecule has 0 unspecified atom stereocenters. The van der Waals surface area contributed by atoms with Crippen molar-refractivity contribution >= 4 is 13.5 Å². The Bertz CT molecular complexity index is 328. The van der Waals surface area contributed by atoms with Gasteiger partial charge in [-0.25, -0.2) is 0 Å². The Kier molecular flexibility index (Phi) is 8.64. The minimum Gasteiger partial charge on any atom is -0.342 e. The van der Waals surface area contributed by atoms with E-state index in [9.17, 15) is 19.1 Å². The van der Waals surface area contributed by atoms with Crippen LogP contribution in [0.3, 0.4) is 0 Å². The van der Waals surface area contributed by atoms with Gasteiger partial charge in [-0.2, -0.15) is 0 Å². The van der Waals surface area contributed by atoms with E-state index in [1.54, 1.807) is 18.7 Å². The van der Waals surface area contributed by atoms with E-state index in [1.165, 1.54) is 0 Å². The third kappa shape index (κ3) is 4.57. The Morgan fingerprint density at radius 3 is 1.65 bits per heavy atom. The number of carbonyl (C=O) groups is 1. The highest BCUT2D eigenvalue weighted by Gasteiger charge is 2.52. The topological polar surface area (TPSA) is 77.8 Å². The Balaban J connectivity index is 5.29. The molecule has 0 atom stereocenters. The van der Waals surface area contributed by atoms with Crippen LogP contribution in [0.4, 0.5) is 0 Å². The zero-order valence-corrected chi connectivity index (χ0v) is 14.2. The van der Waals surface area contributed by atoms with Crippen molar-refractivity contribution in [3.05, 3.63) is 0 Å². The second-order valence-corrected chi connectivity index (χ2v) is 7.23. The highest BCUT2D eigenvalue weighted by molar-refractivity contribution is 7.54. The third-order valence-corrected chi connectivity index (χ3v) is 5.91. The summed E-state index contributed by atoms with van der Waals surface area (Å²) < 4.78 is 11.9. The molecule has 0 spiro atoms. The summed E-state index contributed by atoms with van der Waals surface area (Å²) in [4.78, 5) is 33.7. The minimum atomic E-state index is -4.47. The molecule has 0 heterocycles. The van der Waals surface area contributed by atoms with Crippen LogP contribution in [0.2, 0.25) is 0 Å². The van der Waals surface area contributed by atoms with Crippen LogP contribution < -0.4 is 0 Å². The summed E-state index contributed by atoms with van der Waals surface area (Å²) in [6.45, 7) is 8.60. The van der Waals surface area contributed by atoms with E-state index in [1.807, 2.05) is 13.8 Å². The number of hydrogen-bond acceptors (Lipinski definition) is 2. The fraction of sp³-hybridized carbons (Fsp3) is 0.929. The van der Waals surface area contributed by atoms with Crippen molar-refractivity contribution in [3.63, 3.8) is 0 Å². The molecule has 0 aliphatic carbocycles. The molecule has 0 aliphatic heterocycles. The summed E-state index contributed by atoms with van der Waals surface area (Å²) in [6, 6.07) is 0. The van der Waals surface area contributed by atoms with Crippen molar-refractivity contribution in [1.29, 1.82) is 0 Å². The van der Waals surface area contributed by atoms with Gasteiger partial charge < -0.3 is 14.7 Å². The smallest absolute Gasteiger partial charge is 0.340 e. The van der Waals surface area contributed by atoms with E-state index in [-0.39, 0.29) is 18.7 Å². The van der Waals surface area contributed by atoms with Gasteiger partial charge in [0.25, 0.3) is 0 Å². The van der Waals surface area contributed by atoms with Crippen LogP contribution in [0.25, 0.3) is 0 Å². The molecular formula is C14H30NO4P. The number of hydrogen-bond donors (Lipinski definition) is 2. The molecule has 6 heteroatoms. The average molecular weight is 307 g/mol. The first-order valence-electron chi connectivity index (χ1n) is 7.65. The maximum absolute atomic E-state index is 12.7. The van der Waals surface area contributed by atoms with Crippen LogP contribution in [0, 0.1) is 0 Å². The summed E-state index contributed by atoms with van der Waals surface area (Å²) >= 11 is 0. The molecule has 0 aromatic carbocycles. The van der Waals surface area contributed by atoms with Gasteiger partial charge in [0.2, 0.25) is 5.91 Å². The van der Waals surface area contributed by atoms with Crippen molar-refractivity contribution in [3.8, 4) is 0 Å². The van der Waals surface area contributed by atoms with E-state index >= 15 is 0 Å². The standard InChI is InChI=1S/C14H30NO4P/c1-5-9-11-15(12-10-6-2)13(16)14(7-3,8-4)20(17,18)19/h5-12H2,1-4H3,(H2,17,18,19). The van der Waals surface area contributed by atoms with Crippen LogP contribution in [0.15, 0.2) is 0 Å². The van der Waals surface area contributed by atoms with Gasteiger partial charge in [-0.15, -0.1) is 0 Å². The Morgan fingerprint density at radius 1 is 1.00 bits per heavy atom. The Hall–Kier alpha value is -0.380. The van der Waals surface area contributed by atoms with Gasteiger partial charge in [0.05, 0.1) is 0 Å². The van der Waals surface area contributed by atoms with Crippen molar-refractivity contribution in [2.45, 2.75) is 71.4 Å². The van der Waals surface area contributed by atoms with Gasteiger partial charge in [-0.3, -0.25) is 9.36 Å². The zero-order valence-electron chi connectivity index (χ0n) is 13.3. The second kappa shape index (κ2) is 8.81. The normalized spacial score (nSPS) is 12.5. The van der Waals surface area contributed by atoms with Crippen LogP contribution >= 0.6 is 7.60 Å². The monoisotopic (exact) mass is 307 g/mol. The number of rotatable bonds is 10. The van der Waals surface area contributed by atoms with E-state index in [2.05, 4.69) is 0 Å². The largest absolute Gasteiger partial charge is 0.342 e. The lowest BCUT2D eigenvalue weighted by molar-refractivity contribution is -0.135. The Labute approximate surface area is 122 Å². The summed E-state index contributed by atoms with van der Waals surface area (Å²) in [5.74, 6) is -0.377. The highest BCUT2D eigenvalue weighted by atomic mass is 31.2. The van der Waals surface area contributed by atoms with Crippen LogP contribution in [-0.4, -0.2) is 38.8 Å². The predicted molar refractivity (Wildman–Crippen MR) is 81.8 cm³/mol. The molecule has 0 fully saturated rings. The van der Waals surface area contributed by atoms with Crippen molar-refractivity contribution in [2.24, 2.45) is 0 Å². The number of unbranched alkanes of at least 4 members (excludes halogenated alkanes) is 2. The summed E-state index contributed by atoms with van der Waals surface area (Å²) in [6.07, 6.45) is 3.97. The SMILES string of the molecule is CCCCN(CCCC)C(=O)C(CC)(CC)P(=O)(O)O. The van der Waals surface area contributed by atoms with Crippen LogP contribution in [0.1, 0.15) is 66.2 Å². The van der Waals surface area contributed by atoms with Crippen LogP contribution in [-0.2, 0) is 9.36 Å². The molecule has 2 N–H and O–H groups in total. The second-order valence-electron chi connectivity index (χ2n) is 5.28. The lowest BCUT2D eigenvalue weighted by Crippen LogP contribution is -2.48. The van der Waals surface area contributed by atoms with Gasteiger partial charge in [0.1, 0.15) is 5.16 Å². The molecule has 0 radical (unpaired) electrons. The quantitative estimate of drug-likeness (QED) is 0.608. The fourth-order valence-corrected chi connectivity index (χ4v) is 3.61. The molecule has 0 saturated carbocycles. The summed E-state index contributed by atoms with van der Waals surface area (Å²) in [7, 11) is -4.47. The third-order valence-electron chi connectivity index (χ3n) is 3.98. The molecular weight excluding hydrogens is 277 g/mol. The van der Waals surface area contributed by atoms with Gasteiger partial charge in [-0.05, 0) is 25.7 Å². The molecule has 0 aromatic heterocycles. The van der Waals surface area contributed by atoms with Gasteiger partial charge in [0, 0.05) is 13.1 Å². The average Bonchev–Trinajstić information content (AvgIpc) is 2.39. The highest BCUT2D eigenvalue weighted by Crippen LogP contribution is 2.55. The number of amides is 1. The van der Waals surface area contributed by atoms with E-state index in [0.717, 1.165) is 25.7 Å². The number of carbonyl (C=O) groups excluding carboxylic acids is 1. The predicted octanol–water partition coefficient (Wildman–Crippen LogP) is 3.15. The van der Waals surface area contributed by atoms with E-state index in [0.29, 0.717) is 13.1 Å². The zero-order chi connectivity index (χ0) is 15.8. The summed E-state index contributed by atoms with van der Waals surface area (Å²) in [5, 5.41) is -1.55. The minimum absolute atomic E-state index is 0.168. The van der Waals surface area contributed by atoms with Gasteiger partial charge in [-0.1, -0.05) is 40.5 Å². The fourth-order valence-electron chi connectivity index (χ4n) is 2.40. The maximum atomic E-state index is 12.7. The first-order valence-corrected chi connectivity index (χ1v) is 9.26.